The van der Waals surface area contributed by atoms with E-state index in [2.05, 4.69) is 34.6 Å². The highest BCUT2D eigenvalue weighted by Gasteiger charge is 2.19. The third-order valence-electron chi connectivity index (χ3n) is 12.2. The van der Waals surface area contributed by atoms with Crippen molar-refractivity contribution >= 4 is 17.9 Å². The summed E-state index contributed by atoms with van der Waals surface area (Å²) in [4.78, 5) is 37.9. The molecular weight excluding hydrogens is 745 g/mol. The molecule has 0 saturated heterocycles. The van der Waals surface area contributed by atoms with E-state index in [1.54, 1.807) is 0 Å². The first-order valence-electron chi connectivity index (χ1n) is 26.7. The number of rotatable bonds is 48. The lowest BCUT2D eigenvalue weighted by Crippen LogP contribution is -2.30. The van der Waals surface area contributed by atoms with Crippen LogP contribution in [0.2, 0.25) is 0 Å². The van der Waals surface area contributed by atoms with Crippen molar-refractivity contribution in [1.82, 2.24) is 0 Å². The molecule has 0 bridgehead atoms. The number of carbonyl (C=O) groups is 3. The summed E-state index contributed by atoms with van der Waals surface area (Å²) in [5.74, 6) is 0.813. The zero-order chi connectivity index (χ0) is 44.0. The van der Waals surface area contributed by atoms with E-state index in [0.717, 1.165) is 69.6 Å². The van der Waals surface area contributed by atoms with Gasteiger partial charge in [0, 0.05) is 19.3 Å². The minimum atomic E-state index is -0.761. The molecule has 1 atom stereocenters. The van der Waals surface area contributed by atoms with E-state index in [1.807, 2.05) is 0 Å². The molecule has 0 saturated carbocycles. The molecule has 0 aromatic rings. The second-order valence-corrected chi connectivity index (χ2v) is 19.5. The van der Waals surface area contributed by atoms with Gasteiger partial charge in [-0.2, -0.15) is 0 Å². The fourth-order valence-corrected chi connectivity index (χ4v) is 8.17. The molecule has 0 spiro atoms. The van der Waals surface area contributed by atoms with Gasteiger partial charge in [0.15, 0.2) is 6.10 Å². The molecule has 0 fully saturated rings. The lowest BCUT2D eigenvalue weighted by molar-refractivity contribution is -0.167. The van der Waals surface area contributed by atoms with Crippen molar-refractivity contribution in [3.8, 4) is 0 Å². The Labute approximate surface area is 374 Å². The van der Waals surface area contributed by atoms with Gasteiger partial charge in [-0.3, -0.25) is 14.4 Å². The van der Waals surface area contributed by atoms with Crippen LogP contribution in [0.4, 0.5) is 0 Å². The largest absolute Gasteiger partial charge is 0.462 e. The third-order valence-corrected chi connectivity index (χ3v) is 12.2. The lowest BCUT2D eigenvalue weighted by atomic mass is 10.0. The number of hydrogen-bond donors (Lipinski definition) is 0. The Morgan fingerprint density at radius 2 is 0.550 bits per heavy atom. The molecule has 356 valence electrons. The first-order chi connectivity index (χ1) is 29.2. The zero-order valence-electron chi connectivity index (χ0n) is 41.1. The molecule has 60 heavy (non-hydrogen) atoms. The molecule has 6 heteroatoms. The van der Waals surface area contributed by atoms with Crippen LogP contribution in [0.3, 0.4) is 0 Å². The maximum Gasteiger partial charge on any atom is 0.306 e. The standard InChI is InChI=1S/C54H104O6/c1-6-7-8-9-10-11-18-24-29-34-39-44-52(55)58-47-51(48-59-53(56)45-40-35-30-26-21-23-28-33-38-43-50(4)5)60-54(57)46-41-36-31-25-20-17-15-13-12-14-16-19-22-27-32-37-42-49(2)3/h49-51H,6-48H2,1-5H3/t51-/m0/s1. The minimum Gasteiger partial charge on any atom is -0.462 e. The van der Waals surface area contributed by atoms with Gasteiger partial charge in [-0.05, 0) is 31.1 Å². The quantitative estimate of drug-likeness (QED) is 0.0345. The highest BCUT2D eigenvalue weighted by molar-refractivity contribution is 5.71. The van der Waals surface area contributed by atoms with Gasteiger partial charge in [0.1, 0.15) is 13.2 Å². The normalized spacial score (nSPS) is 12.1. The summed E-state index contributed by atoms with van der Waals surface area (Å²) < 4.78 is 16.8. The molecule has 0 N–H and O–H groups in total. The Morgan fingerprint density at radius 1 is 0.317 bits per heavy atom. The fourth-order valence-electron chi connectivity index (χ4n) is 8.17. The summed E-state index contributed by atoms with van der Waals surface area (Å²) in [6, 6.07) is 0. The van der Waals surface area contributed by atoms with Crippen LogP contribution in [-0.2, 0) is 28.6 Å². The number of unbranched alkanes of at least 4 members (excludes halogenated alkanes) is 33. The van der Waals surface area contributed by atoms with Crippen molar-refractivity contribution in [3.63, 3.8) is 0 Å². The topological polar surface area (TPSA) is 78.9 Å². The van der Waals surface area contributed by atoms with Gasteiger partial charge in [-0.1, -0.05) is 259 Å². The first-order valence-corrected chi connectivity index (χ1v) is 26.7. The summed E-state index contributed by atoms with van der Waals surface area (Å²) in [5, 5.41) is 0. The van der Waals surface area contributed by atoms with Crippen LogP contribution >= 0.6 is 0 Å². The van der Waals surface area contributed by atoms with Crippen LogP contribution in [0.15, 0.2) is 0 Å². The van der Waals surface area contributed by atoms with Crippen molar-refractivity contribution in [2.24, 2.45) is 11.8 Å². The summed E-state index contributed by atoms with van der Waals surface area (Å²) in [5.41, 5.74) is 0. The van der Waals surface area contributed by atoms with Crippen LogP contribution in [-0.4, -0.2) is 37.2 Å². The van der Waals surface area contributed by atoms with Gasteiger partial charge in [-0.15, -0.1) is 0 Å². The fraction of sp³-hybridized carbons (Fsp3) is 0.944. The summed E-state index contributed by atoms with van der Waals surface area (Å²) in [6.45, 7) is 11.4. The molecule has 6 nitrogen and oxygen atoms in total. The van der Waals surface area contributed by atoms with E-state index >= 15 is 0 Å². The van der Waals surface area contributed by atoms with Gasteiger partial charge >= 0.3 is 17.9 Å². The monoisotopic (exact) mass is 849 g/mol. The molecule has 0 aromatic carbocycles. The SMILES string of the molecule is CCCCCCCCCCCCCC(=O)OC[C@@H](COC(=O)CCCCCCCCCCCC(C)C)OC(=O)CCCCCCCCCCCCCCCCCCC(C)C. The Hall–Kier alpha value is -1.59. The van der Waals surface area contributed by atoms with E-state index in [0.29, 0.717) is 19.3 Å². The maximum atomic E-state index is 12.8. The predicted molar refractivity (Wildman–Crippen MR) is 256 cm³/mol. The van der Waals surface area contributed by atoms with E-state index in [9.17, 15) is 14.4 Å². The maximum absolute atomic E-state index is 12.8. The van der Waals surface area contributed by atoms with Gasteiger partial charge in [-0.25, -0.2) is 0 Å². The number of esters is 3. The number of hydrogen-bond acceptors (Lipinski definition) is 6. The highest BCUT2D eigenvalue weighted by Crippen LogP contribution is 2.18. The van der Waals surface area contributed by atoms with Crippen molar-refractivity contribution in [2.75, 3.05) is 13.2 Å². The van der Waals surface area contributed by atoms with E-state index in [4.69, 9.17) is 14.2 Å². The van der Waals surface area contributed by atoms with E-state index in [1.165, 1.54) is 186 Å². The molecule has 0 unspecified atom stereocenters. The van der Waals surface area contributed by atoms with Crippen LogP contribution in [0, 0.1) is 11.8 Å². The average molecular weight is 849 g/mol. The van der Waals surface area contributed by atoms with Gasteiger partial charge < -0.3 is 14.2 Å². The lowest BCUT2D eigenvalue weighted by Gasteiger charge is -2.18. The van der Waals surface area contributed by atoms with E-state index in [-0.39, 0.29) is 31.1 Å². The van der Waals surface area contributed by atoms with Crippen LogP contribution in [0.5, 0.6) is 0 Å². The van der Waals surface area contributed by atoms with Crippen LogP contribution in [0.25, 0.3) is 0 Å². The number of carbonyl (C=O) groups excluding carboxylic acids is 3. The smallest absolute Gasteiger partial charge is 0.306 e. The van der Waals surface area contributed by atoms with E-state index < -0.39 is 6.10 Å². The van der Waals surface area contributed by atoms with Crippen molar-refractivity contribution < 1.29 is 28.6 Å². The predicted octanol–water partition coefficient (Wildman–Crippen LogP) is 17.3. The van der Waals surface area contributed by atoms with Crippen molar-refractivity contribution in [2.45, 2.75) is 304 Å². The van der Waals surface area contributed by atoms with Gasteiger partial charge in [0.2, 0.25) is 0 Å². The molecule has 0 rings (SSSR count). The molecule has 0 amide bonds. The molecule has 0 aliphatic carbocycles. The molecule has 0 heterocycles. The molecule has 0 aliphatic rings. The zero-order valence-corrected chi connectivity index (χ0v) is 41.1. The Bertz CT molecular complexity index is 916. The second kappa shape index (κ2) is 46.9. The average Bonchev–Trinajstić information content (AvgIpc) is 3.22. The molecule has 0 radical (unpaired) electrons. The second-order valence-electron chi connectivity index (χ2n) is 19.5. The molecule has 0 aliphatic heterocycles. The van der Waals surface area contributed by atoms with Gasteiger partial charge in [0.25, 0.3) is 0 Å². The van der Waals surface area contributed by atoms with Crippen LogP contribution in [0.1, 0.15) is 298 Å². The van der Waals surface area contributed by atoms with Crippen molar-refractivity contribution in [3.05, 3.63) is 0 Å². The summed E-state index contributed by atoms with van der Waals surface area (Å²) in [6.07, 6.45) is 48.1. The Kier molecular flexibility index (Phi) is 45.7. The summed E-state index contributed by atoms with van der Waals surface area (Å²) in [7, 11) is 0. The van der Waals surface area contributed by atoms with Gasteiger partial charge in [0.05, 0.1) is 0 Å². The molecule has 0 aromatic heterocycles. The highest BCUT2D eigenvalue weighted by atomic mass is 16.6. The Balaban J connectivity index is 4.26. The summed E-state index contributed by atoms with van der Waals surface area (Å²) >= 11 is 0. The minimum absolute atomic E-state index is 0.0636. The van der Waals surface area contributed by atoms with Crippen molar-refractivity contribution in [1.29, 1.82) is 0 Å². The first kappa shape index (κ1) is 58.4. The third kappa shape index (κ3) is 47.5. The number of ether oxygens (including phenoxy) is 3. The Morgan fingerprint density at radius 3 is 0.817 bits per heavy atom. The molecular formula is C54H104O6. The van der Waals surface area contributed by atoms with Crippen LogP contribution < -0.4 is 0 Å².